The average molecular weight is 165 g/mol. The van der Waals surface area contributed by atoms with Gasteiger partial charge in [0.25, 0.3) is 0 Å². The molecule has 0 heterocycles. The van der Waals surface area contributed by atoms with E-state index in [1.807, 2.05) is 37.0 Å². The second-order valence-electron chi connectivity index (χ2n) is 2.74. The first-order chi connectivity index (χ1) is 5.17. The Kier molecular flexibility index (Phi) is 2.70. The molecule has 0 saturated carbocycles. The summed E-state index contributed by atoms with van der Waals surface area (Å²) in [5.74, 6) is 0. The van der Waals surface area contributed by atoms with Crippen molar-refractivity contribution in [2.45, 2.75) is 0 Å². The van der Waals surface area contributed by atoms with Gasteiger partial charge in [0.1, 0.15) is 6.35 Å². The summed E-state index contributed by atoms with van der Waals surface area (Å²) in [7, 11) is 4.18. The number of aliphatic hydroxyl groups excluding tert-OH is 1. The lowest BCUT2D eigenvalue weighted by molar-refractivity contribution is 0.370. The van der Waals surface area contributed by atoms with E-state index < -0.39 is 7.14 Å². The average Bonchev–Trinajstić information content (AvgIpc) is 2.06. The Morgan fingerprint density at radius 2 is 1.91 bits per heavy atom. The van der Waals surface area contributed by atoms with Crippen molar-refractivity contribution in [2.75, 3.05) is 13.0 Å². The van der Waals surface area contributed by atoms with Crippen molar-refractivity contribution >= 4 is 20.0 Å². The van der Waals surface area contributed by atoms with Gasteiger partial charge in [0, 0.05) is 13.8 Å². The summed E-state index contributed by atoms with van der Waals surface area (Å²) in [4.78, 5) is 0. The fourth-order valence-electron chi connectivity index (χ4n) is 0.850. The first-order valence-electron chi connectivity index (χ1n) is 3.47. The van der Waals surface area contributed by atoms with Crippen LogP contribution in [0.3, 0.4) is 0 Å². The number of rotatable bonds is 2. The lowest BCUT2D eigenvalue weighted by Gasteiger charge is -2.13. The molecule has 0 fully saturated rings. The van der Waals surface area contributed by atoms with Gasteiger partial charge in [0.15, 0.2) is 0 Å². The normalized spacial score (nSPS) is 15.8. The van der Waals surface area contributed by atoms with E-state index in [4.69, 9.17) is 12.7 Å². The third-order valence-corrected chi connectivity index (χ3v) is 3.71. The molecule has 1 aromatic rings. The van der Waals surface area contributed by atoms with Crippen molar-refractivity contribution in [3.8, 4) is 0 Å². The Hall–Kier alpha value is -0.325. The number of hydrogen-bond acceptors (Lipinski definition) is 1. The summed E-state index contributed by atoms with van der Waals surface area (Å²) in [6, 6.07) is 9.75. The SMILES string of the molecule is [B][P+](C)(CO)c1ccccc1. The van der Waals surface area contributed by atoms with Crippen LogP contribution in [0.15, 0.2) is 30.3 Å². The summed E-state index contributed by atoms with van der Waals surface area (Å²) in [6.07, 6.45) is 0.0804. The van der Waals surface area contributed by atoms with Gasteiger partial charge in [-0.05, 0) is 12.1 Å². The molecule has 0 amide bonds. The highest BCUT2D eigenvalue weighted by Gasteiger charge is 2.26. The molecule has 0 bridgehead atoms. The summed E-state index contributed by atoms with van der Waals surface area (Å²) in [5.41, 5.74) is 0. The van der Waals surface area contributed by atoms with Gasteiger partial charge in [0.05, 0.1) is 5.30 Å². The van der Waals surface area contributed by atoms with Crippen LogP contribution in [0.2, 0.25) is 0 Å². The van der Waals surface area contributed by atoms with Gasteiger partial charge < -0.3 is 5.11 Å². The fourth-order valence-corrected chi connectivity index (χ4v) is 1.87. The molecule has 0 aliphatic rings. The molecule has 56 valence electrons. The minimum atomic E-state index is -1.72. The molecule has 0 saturated heterocycles. The van der Waals surface area contributed by atoms with Crippen molar-refractivity contribution in [1.82, 2.24) is 0 Å². The molecule has 3 heteroatoms. The maximum absolute atomic E-state index is 8.97. The lowest BCUT2D eigenvalue weighted by Crippen LogP contribution is -2.12. The summed E-state index contributed by atoms with van der Waals surface area (Å²) in [6.45, 7) is 1.92. The molecule has 11 heavy (non-hydrogen) atoms. The van der Waals surface area contributed by atoms with Crippen molar-refractivity contribution in [3.63, 3.8) is 0 Å². The fraction of sp³-hybridized carbons (Fsp3) is 0.250. The Labute approximate surface area is 69.1 Å². The van der Waals surface area contributed by atoms with E-state index in [2.05, 4.69) is 0 Å². The third-order valence-electron chi connectivity index (χ3n) is 1.64. The van der Waals surface area contributed by atoms with E-state index >= 15 is 0 Å². The Morgan fingerprint density at radius 1 is 1.36 bits per heavy atom. The Bertz CT molecular complexity index is 223. The standard InChI is InChI=1S/C8H11BOP/c1-11(9,7-10)8-5-3-2-4-6-8/h2-6,10H,7H2,1H3/q+1. The first-order valence-corrected chi connectivity index (χ1v) is 5.96. The van der Waals surface area contributed by atoms with Gasteiger partial charge in [-0.2, -0.15) is 0 Å². The Morgan fingerprint density at radius 3 is 2.36 bits per heavy atom. The smallest absolute Gasteiger partial charge is 0.363 e. The van der Waals surface area contributed by atoms with Crippen LogP contribution in [0, 0.1) is 0 Å². The van der Waals surface area contributed by atoms with Crippen LogP contribution >= 0.6 is 7.14 Å². The van der Waals surface area contributed by atoms with E-state index in [1.54, 1.807) is 0 Å². The molecular formula is C8H11BOP+. The zero-order valence-electron chi connectivity index (χ0n) is 6.57. The van der Waals surface area contributed by atoms with Gasteiger partial charge in [-0.1, -0.05) is 18.2 Å². The number of hydrogen-bond donors (Lipinski definition) is 1. The van der Waals surface area contributed by atoms with Crippen LogP contribution in [0.5, 0.6) is 0 Å². The van der Waals surface area contributed by atoms with Crippen LogP contribution in [0.1, 0.15) is 0 Å². The molecule has 1 rings (SSSR count). The number of aliphatic hydroxyl groups is 1. The van der Waals surface area contributed by atoms with Crippen LogP contribution in [0.25, 0.3) is 0 Å². The van der Waals surface area contributed by atoms with Gasteiger partial charge in [-0.25, -0.2) is 0 Å². The largest absolute Gasteiger partial charge is 0.373 e. The van der Waals surface area contributed by atoms with E-state index in [-0.39, 0.29) is 6.35 Å². The predicted molar refractivity (Wildman–Crippen MR) is 51.8 cm³/mol. The second kappa shape index (κ2) is 3.38. The van der Waals surface area contributed by atoms with Crippen molar-refractivity contribution in [2.24, 2.45) is 0 Å². The zero-order valence-corrected chi connectivity index (χ0v) is 7.46. The molecule has 1 unspecified atom stereocenters. The van der Waals surface area contributed by atoms with Crippen LogP contribution in [-0.4, -0.2) is 25.7 Å². The minimum absolute atomic E-state index is 0.0804. The molecule has 0 aliphatic carbocycles. The molecular weight excluding hydrogens is 154 g/mol. The molecule has 1 atom stereocenters. The van der Waals surface area contributed by atoms with Gasteiger partial charge in [0.2, 0.25) is 0 Å². The maximum Gasteiger partial charge on any atom is 0.373 e. The summed E-state index contributed by atoms with van der Waals surface area (Å²) >= 11 is 0. The van der Waals surface area contributed by atoms with Crippen LogP contribution in [-0.2, 0) is 0 Å². The molecule has 0 aliphatic heterocycles. The van der Waals surface area contributed by atoms with E-state index in [0.717, 1.165) is 5.30 Å². The van der Waals surface area contributed by atoms with Gasteiger partial charge in [-0.15, -0.1) is 0 Å². The topological polar surface area (TPSA) is 20.2 Å². The summed E-state index contributed by atoms with van der Waals surface area (Å²) < 4.78 is 0. The molecule has 1 nitrogen and oxygen atoms in total. The lowest BCUT2D eigenvalue weighted by atomic mass is 10.4. The van der Waals surface area contributed by atoms with Crippen LogP contribution < -0.4 is 5.30 Å². The number of benzene rings is 1. The van der Waals surface area contributed by atoms with E-state index in [9.17, 15) is 0 Å². The highest BCUT2D eigenvalue weighted by Crippen LogP contribution is 2.46. The second-order valence-corrected chi connectivity index (χ2v) is 6.08. The van der Waals surface area contributed by atoms with E-state index in [1.165, 1.54) is 0 Å². The Balaban J connectivity index is 2.93. The molecule has 0 spiro atoms. The molecule has 2 radical (unpaired) electrons. The minimum Gasteiger partial charge on any atom is -0.363 e. The zero-order chi connectivity index (χ0) is 8.32. The summed E-state index contributed by atoms with van der Waals surface area (Å²) in [5, 5.41) is 10.0. The van der Waals surface area contributed by atoms with Crippen molar-refractivity contribution in [1.29, 1.82) is 0 Å². The van der Waals surface area contributed by atoms with Crippen molar-refractivity contribution in [3.05, 3.63) is 30.3 Å². The van der Waals surface area contributed by atoms with E-state index in [0.29, 0.717) is 0 Å². The van der Waals surface area contributed by atoms with Crippen LogP contribution in [0.4, 0.5) is 0 Å². The maximum atomic E-state index is 8.97. The monoisotopic (exact) mass is 165 g/mol. The molecule has 0 aromatic heterocycles. The molecule has 1 N–H and O–H groups in total. The third kappa shape index (κ3) is 2.05. The quantitative estimate of drug-likeness (QED) is 0.511. The molecule has 1 aromatic carbocycles. The van der Waals surface area contributed by atoms with Crippen molar-refractivity contribution < 1.29 is 5.11 Å². The van der Waals surface area contributed by atoms with Gasteiger partial charge in [-0.3, -0.25) is 0 Å². The highest BCUT2D eigenvalue weighted by atomic mass is 31.2. The van der Waals surface area contributed by atoms with Gasteiger partial charge >= 0.3 is 7.57 Å². The predicted octanol–water partition coefficient (Wildman–Crippen LogP) is 0.993. The highest BCUT2D eigenvalue weighted by molar-refractivity contribution is 8.02. The first kappa shape index (κ1) is 8.77.